The maximum absolute atomic E-state index is 12.8. The van der Waals surface area contributed by atoms with E-state index in [4.69, 9.17) is 11.6 Å². The molecule has 1 N–H and O–H groups in total. The van der Waals surface area contributed by atoms with E-state index in [9.17, 15) is 9.59 Å². The molecule has 0 aromatic heterocycles. The van der Waals surface area contributed by atoms with Crippen molar-refractivity contribution in [2.24, 2.45) is 5.41 Å². The van der Waals surface area contributed by atoms with Crippen molar-refractivity contribution in [3.05, 3.63) is 28.8 Å². The third-order valence-corrected chi connectivity index (χ3v) is 4.68. The first-order valence-corrected chi connectivity index (χ1v) is 8.57. The number of hydrogen-bond acceptors (Lipinski definition) is 2. The zero-order chi connectivity index (χ0) is 17.0. The van der Waals surface area contributed by atoms with Gasteiger partial charge in [-0.1, -0.05) is 30.5 Å². The largest absolute Gasteiger partial charge is 0.342 e. The van der Waals surface area contributed by atoms with Gasteiger partial charge in [-0.05, 0) is 51.3 Å². The molecule has 1 aliphatic heterocycles. The number of aryl methyl sites for hydroxylation is 1. The van der Waals surface area contributed by atoms with Crippen molar-refractivity contribution in [3.8, 4) is 0 Å². The fourth-order valence-corrected chi connectivity index (χ4v) is 2.95. The molecule has 1 aliphatic rings. The van der Waals surface area contributed by atoms with Crippen molar-refractivity contribution in [2.45, 2.75) is 46.5 Å². The Kier molecular flexibility index (Phi) is 5.69. The number of rotatable bonds is 3. The van der Waals surface area contributed by atoms with Crippen LogP contribution in [0.25, 0.3) is 0 Å². The molecule has 0 aliphatic carbocycles. The van der Waals surface area contributed by atoms with Crippen molar-refractivity contribution in [1.82, 2.24) is 4.90 Å². The summed E-state index contributed by atoms with van der Waals surface area (Å²) in [5, 5.41) is 3.41. The predicted octanol–water partition coefficient (Wildman–Crippen LogP) is 4.02. The Morgan fingerprint density at radius 1 is 1.13 bits per heavy atom. The van der Waals surface area contributed by atoms with Gasteiger partial charge in [0.1, 0.15) is 5.41 Å². The third-order valence-electron chi connectivity index (χ3n) is 4.44. The fourth-order valence-electron chi connectivity index (χ4n) is 2.77. The average Bonchev–Trinajstić information content (AvgIpc) is 2.79. The van der Waals surface area contributed by atoms with E-state index < -0.39 is 5.41 Å². The van der Waals surface area contributed by atoms with Gasteiger partial charge in [-0.3, -0.25) is 9.59 Å². The minimum absolute atomic E-state index is 0.100. The van der Waals surface area contributed by atoms with Crippen LogP contribution in [0.2, 0.25) is 5.02 Å². The molecule has 23 heavy (non-hydrogen) atoms. The van der Waals surface area contributed by atoms with Gasteiger partial charge in [0.2, 0.25) is 11.8 Å². The quantitative estimate of drug-likeness (QED) is 0.848. The summed E-state index contributed by atoms with van der Waals surface area (Å²) >= 11 is 5.99. The van der Waals surface area contributed by atoms with E-state index in [1.807, 2.05) is 17.9 Å². The average molecular weight is 337 g/mol. The predicted molar refractivity (Wildman–Crippen MR) is 93.6 cm³/mol. The van der Waals surface area contributed by atoms with Crippen molar-refractivity contribution < 1.29 is 9.59 Å². The lowest BCUT2D eigenvalue weighted by atomic mass is 9.90. The number of nitrogens with zero attached hydrogens (tertiary/aromatic N) is 1. The lowest BCUT2D eigenvalue weighted by molar-refractivity contribution is -0.146. The molecule has 0 spiro atoms. The van der Waals surface area contributed by atoms with Crippen LogP contribution in [0.5, 0.6) is 0 Å². The highest BCUT2D eigenvalue weighted by atomic mass is 35.5. The lowest BCUT2D eigenvalue weighted by Crippen LogP contribution is -2.47. The molecule has 4 nitrogen and oxygen atoms in total. The molecule has 0 radical (unpaired) electrons. The van der Waals surface area contributed by atoms with Crippen LogP contribution in [0, 0.1) is 12.3 Å². The summed E-state index contributed by atoms with van der Waals surface area (Å²) in [6.45, 7) is 6.76. The van der Waals surface area contributed by atoms with Gasteiger partial charge in [-0.25, -0.2) is 0 Å². The molecule has 1 aromatic carbocycles. The van der Waals surface area contributed by atoms with Crippen molar-refractivity contribution in [2.75, 3.05) is 18.4 Å². The summed E-state index contributed by atoms with van der Waals surface area (Å²) in [5.41, 5.74) is 0.471. The topological polar surface area (TPSA) is 49.4 Å². The van der Waals surface area contributed by atoms with Gasteiger partial charge >= 0.3 is 0 Å². The van der Waals surface area contributed by atoms with Crippen molar-refractivity contribution >= 4 is 29.1 Å². The van der Waals surface area contributed by atoms with Gasteiger partial charge in [0.15, 0.2) is 0 Å². The molecule has 1 aromatic rings. The Morgan fingerprint density at radius 3 is 2.35 bits per heavy atom. The smallest absolute Gasteiger partial charge is 0.239 e. The van der Waals surface area contributed by atoms with E-state index in [0.717, 1.165) is 44.3 Å². The number of anilines is 1. The van der Waals surface area contributed by atoms with Crippen LogP contribution in [0.4, 0.5) is 5.69 Å². The number of carbonyl (C=O) groups is 2. The van der Waals surface area contributed by atoms with Gasteiger partial charge in [-0.15, -0.1) is 0 Å². The van der Waals surface area contributed by atoms with Crippen LogP contribution >= 0.6 is 11.6 Å². The van der Waals surface area contributed by atoms with Gasteiger partial charge in [0.05, 0.1) is 0 Å². The highest BCUT2D eigenvalue weighted by Gasteiger charge is 2.39. The number of benzene rings is 1. The van der Waals surface area contributed by atoms with Crippen LogP contribution in [0.15, 0.2) is 18.2 Å². The normalized spacial score (nSPS) is 15.9. The molecule has 2 rings (SSSR count). The number of halogens is 1. The molecule has 2 amide bonds. The molecule has 0 unspecified atom stereocenters. The van der Waals surface area contributed by atoms with Crippen molar-refractivity contribution in [3.63, 3.8) is 0 Å². The van der Waals surface area contributed by atoms with Gasteiger partial charge in [-0.2, -0.15) is 0 Å². The minimum atomic E-state index is -1.10. The molecule has 0 saturated carbocycles. The number of hydrogen-bond donors (Lipinski definition) is 1. The molecular weight excluding hydrogens is 312 g/mol. The standard InChI is InChI=1S/C18H25ClN2O2/c1-13-8-9-14(19)12-15(13)20-16(22)18(2,3)17(23)21-10-6-4-5-7-11-21/h8-9,12H,4-7,10-11H2,1-3H3,(H,20,22). The fraction of sp³-hybridized carbons (Fsp3) is 0.556. The molecule has 0 bridgehead atoms. The molecule has 1 fully saturated rings. The van der Waals surface area contributed by atoms with E-state index in [1.54, 1.807) is 26.0 Å². The van der Waals surface area contributed by atoms with E-state index >= 15 is 0 Å². The lowest BCUT2D eigenvalue weighted by Gasteiger charge is -2.30. The zero-order valence-electron chi connectivity index (χ0n) is 14.1. The van der Waals surface area contributed by atoms with E-state index in [2.05, 4.69) is 5.32 Å². The van der Waals surface area contributed by atoms with Crippen LogP contribution in [0.1, 0.15) is 45.1 Å². The molecule has 1 heterocycles. The van der Waals surface area contributed by atoms with Crippen molar-refractivity contribution in [1.29, 1.82) is 0 Å². The summed E-state index contributed by atoms with van der Waals surface area (Å²) in [5.74, 6) is -0.395. The first kappa shape index (κ1) is 17.8. The van der Waals surface area contributed by atoms with Crippen LogP contribution in [-0.4, -0.2) is 29.8 Å². The maximum Gasteiger partial charge on any atom is 0.239 e. The Hall–Kier alpha value is -1.55. The maximum atomic E-state index is 12.8. The summed E-state index contributed by atoms with van der Waals surface area (Å²) in [6, 6.07) is 5.34. The Morgan fingerprint density at radius 2 is 1.74 bits per heavy atom. The number of amides is 2. The molecule has 0 atom stereocenters. The van der Waals surface area contributed by atoms with Gasteiger partial charge in [0, 0.05) is 23.8 Å². The number of carbonyl (C=O) groups excluding carboxylic acids is 2. The van der Waals surface area contributed by atoms with Crippen LogP contribution < -0.4 is 5.32 Å². The molecular formula is C18H25ClN2O2. The van der Waals surface area contributed by atoms with E-state index in [-0.39, 0.29) is 11.8 Å². The second kappa shape index (κ2) is 7.35. The molecule has 1 saturated heterocycles. The summed E-state index contributed by atoms with van der Waals surface area (Å²) < 4.78 is 0. The van der Waals surface area contributed by atoms with Crippen LogP contribution in [0.3, 0.4) is 0 Å². The van der Waals surface area contributed by atoms with Gasteiger partial charge in [0.25, 0.3) is 0 Å². The second-order valence-corrected chi connectivity index (χ2v) is 7.18. The molecule has 5 heteroatoms. The third kappa shape index (κ3) is 4.25. The first-order valence-electron chi connectivity index (χ1n) is 8.19. The Balaban J connectivity index is 2.12. The van der Waals surface area contributed by atoms with E-state index in [0.29, 0.717) is 10.7 Å². The van der Waals surface area contributed by atoms with Gasteiger partial charge < -0.3 is 10.2 Å². The van der Waals surface area contributed by atoms with Crippen LogP contribution in [-0.2, 0) is 9.59 Å². The second-order valence-electron chi connectivity index (χ2n) is 6.74. The summed E-state index contributed by atoms with van der Waals surface area (Å²) in [6.07, 6.45) is 4.32. The summed E-state index contributed by atoms with van der Waals surface area (Å²) in [7, 11) is 0. The molecule has 126 valence electrons. The monoisotopic (exact) mass is 336 g/mol. The SMILES string of the molecule is Cc1ccc(Cl)cc1NC(=O)C(C)(C)C(=O)N1CCCCCC1. The first-order chi connectivity index (χ1) is 10.8. The number of likely N-dealkylation sites (tertiary alicyclic amines) is 1. The van der Waals surface area contributed by atoms with E-state index in [1.165, 1.54) is 0 Å². The Bertz CT molecular complexity index is 591. The summed E-state index contributed by atoms with van der Waals surface area (Å²) in [4.78, 5) is 27.3. The zero-order valence-corrected chi connectivity index (χ0v) is 14.9. The highest BCUT2D eigenvalue weighted by molar-refractivity contribution is 6.31. The Labute approximate surface area is 143 Å². The number of nitrogens with one attached hydrogen (secondary N) is 1. The highest BCUT2D eigenvalue weighted by Crippen LogP contribution is 2.26. The minimum Gasteiger partial charge on any atom is -0.342 e.